The SMILES string of the molecule is C[C@H](NC(=O)NC(=O)CSc1n[nH]c(N)n1)[C@H]1C[C@H]2CC[C@H]1C2. The lowest BCUT2D eigenvalue weighted by Gasteiger charge is -2.28. The summed E-state index contributed by atoms with van der Waals surface area (Å²) in [5.41, 5.74) is 5.40. The van der Waals surface area contributed by atoms with Crippen molar-refractivity contribution in [1.29, 1.82) is 0 Å². The molecule has 0 aromatic carbocycles. The number of H-pyrrole nitrogens is 1. The summed E-state index contributed by atoms with van der Waals surface area (Å²) in [7, 11) is 0. The number of nitrogens with zero attached hydrogens (tertiary/aromatic N) is 2. The van der Waals surface area contributed by atoms with Gasteiger partial charge in [0.25, 0.3) is 0 Å². The molecular formula is C14H22N6O2S. The Morgan fingerprint density at radius 1 is 1.43 bits per heavy atom. The molecule has 2 aliphatic rings. The van der Waals surface area contributed by atoms with Crippen molar-refractivity contribution < 1.29 is 9.59 Å². The summed E-state index contributed by atoms with van der Waals surface area (Å²) in [6.45, 7) is 2.03. The van der Waals surface area contributed by atoms with Gasteiger partial charge in [-0.3, -0.25) is 10.1 Å². The summed E-state index contributed by atoms with van der Waals surface area (Å²) < 4.78 is 0. The van der Waals surface area contributed by atoms with E-state index in [0.29, 0.717) is 11.1 Å². The molecule has 0 radical (unpaired) electrons. The number of anilines is 1. The first-order valence-electron chi connectivity index (χ1n) is 7.92. The third kappa shape index (κ3) is 3.95. The van der Waals surface area contributed by atoms with Crippen LogP contribution in [0.15, 0.2) is 5.16 Å². The molecule has 1 aromatic rings. The first-order chi connectivity index (χ1) is 11.0. The highest BCUT2D eigenvalue weighted by molar-refractivity contribution is 7.99. The minimum Gasteiger partial charge on any atom is -0.368 e. The maximum atomic E-state index is 11.9. The summed E-state index contributed by atoms with van der Waals surface area (Å²) in [6, 6.07) is -0.334. The molecule has 23 heavy (non-hydrogen) atoms. The van der Waals surface area contributed by atoms with E-state index in [1.165, 1.54) is 25.7 Å². The molecule has 2 aliphatic carbocycles. The highest BCUT2D eigenvalue weighted by atomic mass is 32.2. The molecule has 1 aromatic heterocycles. The Hall–Kier alpha value is -1.77. The minimum absolute atomic E-state index is 0.0627. The minimum atomic E-state index is -0.430. The Balaban J connectivity index is 1.39. The van der Waals surface area contributed by atoms with Crippen LogP contribution in [0.2, 0.25) is 0 Å². The average molecular weight is 338 g/mol. The van der Waals surface area contributed by atoms with Crippen molar-refractivity contribution in [3.63, 3.8) is 0 Å². The second kappa shape index (κ2) is 6.77. The van der Waals surface area contributed by atoms with Gasteiger partial charge in [-0.1, -0.05) is 18.2 Å². The van der Waals surface area contributed by atoms with E-state index in [2.05, 4.69) is 25.8 Å². The number of rotatable bonds is 5. The van der Waals surface area contributed by atoms with E-state index in [4.69, 9.17) is 5.73 Å². The number of nitrogens with two attached hydrogens (primary N) is 1. The summed E-state index contributed by atoms with van der Waals surface area (Å²) in [5, 5.41) is 11.9. The second-order valence-corrected chi connectivity index (χ2v) is 7.38. The summed E-state index contributed by atoms with van der Waals surface area (Å²) >= 11 is 1.12. The van der Waals surface area contributed by atoms with Gasteiger partial charge in [0.2, 0.25) is 17.0 Å². The molecule has 1 heterocycles. The van der Waals surface area contributed by atoms with Crippen LogP contribution in [0.4, 0.5) is 10.7 Å². The molecule has 0 aliphatic heterocycles. The number of thioether (sulfide) groups is 1. The van der Waals surface area contributed by atoms with E-state index >= 15 is 0 Å². The summed E-state index contributed by atoms with van der Waals surface area (Å²) in [5.74, 6) is 2.00. The Morgan fingerprint density at radius 3 is 2.87 bits per heavy atom. The number of nitrogens with one attached hydrogen (secondary N) is 3. The second-order valence-electron chi connectivity index (χ2n) is 6.44. The van der Waals surface area contributed by atoms with Gasteiger partial charge in [0, 0.05) is 6.04 Å². The number of fused-ring (bicyclic) bond motifs is 2. The number of imide groups is 1. The van der Waals surface area contributed by atoms with Gasteiger partial charge < -0.3 is 11.1 Å². The lowest BCUT2D eigenvalue weighted by atomic mass is 9.84. The fourth-order valence-electron chi connectivity index (χ4n) is 3.87. The zero-order valence-electron chi connectivity index (χ0n) is 13.0. The molecule has 2 bridgehead atoms. The summed E-state index contributed by atoms with van der Waals surface area (Å²) in [4.78, 5) is 27.6. The van der Waals surface area contributed by atoms with Gasteiger partial charge in [-0.2, -0.15) is 4.98 Å². The molecule has 2 fully saturated rings. The van der Waals surface area contributed by atoms with Crippen LogP contribution >= 0.6 is 11.8 Å². The van der Waals surface area contributed by atoms with Crippen molar-refractivity contribution in [2.45, 2.75) is 43.8 Å². The fraction of sp³-hybridized carbons (Fsp3) is 0.714. The number of amides is 3. The van der Waals surface area contributed by atoms with Crippen molar-refractivity contribution >= 4 is 29.6 Å². The van der Waals surface area contributed by atoms with Crippen molar-refractivity contribution in [2.75, 3.05) is 11.5 Å². The molecule has 126 valence electrons. The molecule has 9 heteroatoms. The van der Waals surface area contributed by atoms with Crippen LogP contribution in [0.25, 0.3) is 0 Å². The van der Waals surface area contributed by atoms with Crippen LogP contribution in [0.1, 0.15) is 32.6 Å². The number of carbonyl (C=O) groups excluding carboxylic acids is 2. The Morgan fingerprint density at radius 2 is 2.26 bits per heavy atom. The molecule has 3 rings (SSSR count). The lowest BCUT2D eigenvalue weighted by molar-refractivity contribution is -0.117. The van der Waals surface area contributed by atoms with Gasteiger partial charge in [-0.15, -0.1) is 5.10 Å². The van der Waals surface area contributed by atoms with Gasteiger partial charge >= 0.3 is 6.03 Å². The number of aromatic nitrogens is 3. The van der Waals surface area contributed by atoms with E-state index in [0.717, 1.165) is 23.6 Å². The number of urea groups is 1. The highest BCUT2D eigenvalue weighted by Gasteiger charge is 2.42. The number of carbonyl (C=O) groups is 2. The van der Waals surface area contributed by atoms with Crippen LogP contribution in [-0.4, -0.2) is 38.9 Å². The zero-order chi connectivity index (χ0) is 16.4. The predicted molar refractivity (Wildman–Crippen MR) is 86.6 cm³/mol. The Bertz CT molecular complexity index is 592. The van der Waals surface area contributed by atoms with E-state index in [-0.39, 0.29) is 23.7 Å². The van der Waals surface area contributed by atoms with Gasteiger partial charge in [0.05, 0.1) is 5.75 Å². The number of hydrogen-bond acceptors (Lipinski definition) is 6. The molecule has 0 unspecified atom stereocenters. The highest BCUT2D eigenvalue weighted by Crippen LogP contribution is 2.49. The third-order valence-corrected chi connectivity index (χ3v) is 5.71. The number of hydrogen-bond donors (Lipinski definition) is 4. The molecule has 5 N–H and O–H groups in total. The lowest BCUT2D eigenvalue weighted by Crippen LogP contribution is -2.47. The monoisotopic (exact) mass is 338 g/mol. The maximum absolute atomic E-state index is 11.9. The number of aromatic amines is 1. The van der Waals surface area contributed by atoms with E-state index in [1.54, 1.807) is 0 Å². The van der Waals surface area contributed by atoms with Gasteiger partial charge in [-0.05, 0) is 43.9 Å². The van der Waals surface area contributed by atoms with Crippen LogP contribution < -0.4 is 16.4 Å². The molecule has 2 saturated carbocycles. The maximum Gasteiger partial charge on any atom is 0.321 e. The normalized spacial score (nSPS) is 26.9. The predicted octanol–water partition coefficient (Wildman–Crippen LogP) is 1.13. The van der Waals surface area contributed by atoms with Crippen LogP contribution in [-0.2, 0) is 4.79 Å². The first kappa shape index (κ1) is 16.1. The molecule has 3 amide bonds. The van der Waals surface area contributed by atoms with Crippen LogP contribution in [0.5, 0.6) is 0 Å². The standard InChI is InChI=1S/C14H22N6O2S/c1-7(10-5-8-2-3-9(10)4-8)16-13(22)17-11(21)6-23-14-18-12(15)19-20-14/h7-10H,2-6H2,1H3,(H3,15,18,19,20)(H2,16,17,21,22)/t7-,8-,9-,10+/m0/s1. The van der Waals surface area contributed by atoms with Crippen LogP contribution in [0.3, 0.4) is 0 Å². The average Bonchev–Trinajstić information content (AvgIpc) is 3.21. The van der Waals surface area contributed by atoms with Crippen molar-refractivity contribution in [3.8, 4) is 0 Å². The van der Waals surface area contributed by atoms with Gasteiger partial charge in [0.1, 0.15) is 0 Å². The first-order valence-corrected chi connectivity index (χ1v) is 8.91. The topological polar surface area (TPSA) is 126 Å². The van der Waals surface area contributed by atoms with Crippen LogP contribution in [0, 0.1) is 17.8 Å². The van der Waals surface area contributed by atoms with E-state index < -0.39 is 6.03 Å². The van der Waals surface area contributed by atoms with Crippen molar-refractivity contribution in [1.82, 2.24) is 25.8 Å². The third-order valence-electron chi connectivity index (χ3n) is 4.86. The molecule has 4 atom stereocenters. The molecule has 0 spiro atoms. The fourth-order valence-corrected chi connectivity index (χ4v) is 4.48. The van der Waals surface area contributed by atoms with E-state index in [1.807, 2.05) is 6.92 Å². The van der Waals surface area contributed by atoms with Crippen molar-refractivity contribution in [2.24, 2.45) is 17.8 Å². The van der Waals surface area contributed by atoms with Crippen molar-refractivity contribution in [3.05, 3.63) is 0 Å². The zero-order valence-corrected chi connectivity index (χ0v) is 13.9. The van der Waals surface area contributed by atoms with Gasteiger partial charge in [0.15, 0.2) is 0 Å². The molecular weight excluding hydrogens is 316 g/mol. The Kier molecular flexibility index (Phi) is 4.74. The summed E-state index contributed by atoms with van der Waals surface area (Å²) in [6.07, 6.45) is 5.11. The largest absolute Gasteiger partial charge is 0.368 e. The quantitative estimate of drug-likeness (QED) is 0.596. The molecule has 8 nitrogen and oxygen atoms in total. The van der Waals surface area contributed by atoms with E-state index in [9.17, 15) is 9.59 Å². The molecule has 0 saturated heterocycles. The number of nitrogen functional groups attached to an aromatic ring is 1. The smallest absolute Gasteiger partial charge is 0.321 e. The van der Waals surface area contributed by atoms with Gasteiger partial charge in [-0.25, -0.2) is 9.89 Å². The Labute approximate surface area is 138 Å².